The molecule has 132 valence electrons. The van der Waals surface area contributed by atoms with Gasteiger partial charge in [-0.15, -0.1) is 11.3 Å². The third kappa shape index (κ3) is 5.88. The highest BCUT2D eigenvalue weighted by Gasteiger charge is 2.13. The molecule has 0 saturated carbocycles. The summed E-state index contributed by atoms with van der Waals surface area (Å²) >= 11 is 1.58. The maximum atomic E-state index is 11.8. The summed E-state index contributed by atoms with van der Waals surface area (Å²) in [6.45, 7) is -0.237. The number of nitrogens with zero attached hydrogens (tertiary/aromatic N) is 1. The molecule has 0 fully saturated rings. The Hall–Kier alpha value is -2.94. The SMILES string of the molecule is Cn1ccc(C(=O)OCC(=O)NC(=O)NCCc2cccs2)cc1=O. The van der Waals surface area contributed by atoms with Gasteiger partial charge in [0.05, 0.1) is 5.56 Å². The van der Waals surface area contributed by atoms with Crippen LogP contribution in [0.15, 0.2) is 40.6 Å². The van der Waals surface area contributed by atoms with Gasteiger partial charge in [-0.2, -0.15) is 0 Å². The van der Waals surface area contributed by atoms with Crippen LogP contribution < -0.4 is 16.2 Å². The number of carbonyl (C=O) groups excluding carboxylic acids is 3. The second kappa shape index (κ2) is 8.78. The van der Waals surface area contributed by atoms with Gasteiger partial charge in [-0.25, -0.2) is 9.59 Å². The number of aryl methyl sites for hydroxylation is 1. The highest BCUT2D eigenvalue weighted by atomic mass is 32.1. The van der Waals surface area contributed by atoms with Gasteiger partial charge in [0, 0.05) is 30.7 Å². The summed E-state index contributed by atoms with van der Waals surface area (Å²) < 4.78 is 6.07. The van der Waals surface area contributed by atoms with Crippen molar-refractivity contribution < 1.29 is 19.1 Å². The lowest BCUT2D eigenvalue weighted by molar-refractivity contribution is -0.123. The third-order valence-electron chi connectivity index (χ3n) is 3.16. The van der Waals surface area contributed by atoms with Crippen molar-refractivity contribution in [2.24, 2.45) is 7.05 Å². The van der Waals surface area contributed by atoms with E-state index in [-0.39, 0.29) is 11.1 Å². The molecule has 2 rings (SSSR count). The van der Waals surface area contributed by atoms with Crippen LogP contribution in [0.2, 0.25) is 0 Å². The average Bonchev–Trinajstić information content (AvgIpc) is 3.08. The number of nitrogens with one attached hydrogen (secondary N) is 2. The van der Waals surface area contributed by atoms with Crippen LogP contribution in [0.3, 0.4) is 0 Å². The summed E-state index contributed by atoms with van der Waals surface area (Å²) in [5.74, 6) is -1.57. The highest BCUT2D eigenvalue weighted by molar-refractivity contribution is 7.09. The minimum atomic E-state index is -0.814. The van der Waals surface area contributed by atoms with Crippen LogP contribution in [-0.4, -0.2) is 35.6 Å². The van der Waals surface area contributed by atoms with Gasteiger partial charge in [-0.1, -0.05) is 6.07 Å². The van der Waals surface area contributed by atoms with E-state index >= 15 is 0 Å². The minimum absolute atomic E-state index is 0.0382. The molecule has 2 aromatic heterocycles. The topological polar surface area (TPSA) is 106 Å². The smallest absolute Gasteiger partial charge is 0.338 e. The maximum Gasteiger partial charge on any atom is 0.338 e. The van der Waals surface area contributed by atoms with E-state index in [4.69, 9.17) is 4.74 Å². The predicted molar refractivity (Wildman–Crippen MR) is 91.5 cm³/mol. The Bertz CT molecular complexity index is 813. The van der Waals surface area contributed by atoms with Crippen LogP contribution >= 0.6 is 11.3 Å². The van der Waals surface area contributed by atoms with Crippen molar-refractivity contribution in [1.29, 1.82) is 0 Å². The Morgan fingerprint density at radius 3 is 2.76 bits per heavy atom. The summed E-state index contributed by atoms with van der Waals surface area (Å²) in [4.78, 5) is 47.5. The number of hydrogen-bond acceptors (Lipinski definition) is 6. The molecule has 8 nitrogen and oxygen atoms in total. The number of hydrogen-bond donors (Lipinski definition) is 2. The molecular formula is C16H17N3O5S. The zero-order valence-electron chi connectivity index (χ0n) is 13.5. The molecule has 0 aromatic carbocycles. The van der Waals surface area contributed by atoms with Gasteiger partial charge in [0.25, 0.3) is 11.5 Å². The lowest BCUT2D eigenvalue weighted by Crippen LogP contribution is -2.42. The normalized spacial score (nSPS) is 10.1. The van der Waals surface area contributed by atoms with Crippen LogP contribution in [0.1, 0.15) is 15.2 Å². The van der Waals surface area contributed by atoms with Crippen molar-refractivity contribution in [2.75, 3.05) is 13.2 Å². The Morgan fingerprint density at radius 1 is 1.28 bits per heavy atom. The van der Waals surface area contributed by atoms with Gasteiger partial charge in [-0.3, -0.25) is 14.9 Å². The van der Waals surface area contributed by atoms with E-state index in [1.54, 1.807) is 18.4 Å². The van der Waals surface area contributed by atoms with Crippen molar-refractivity contribution in [3.8, 4) is 0 Å². The van der Waals surface area contributed by atoms with E-state index in [1.807, 2.05) is 17.5 Å². The number of amides is 3. The largest absolute Gasteiger partial charge is 0.452 e. The average molecular weight is 363 g/mol. The Kier molecular flexibility index (Phi) is 6.47. The molecule has 3 amide bonds. The molecule has 2 N–H and O–H groups in total. The van der Waals surface area contributed by atoms with Crippen LogP contribution in [0.25, 0.3) is 0 Å². The van der Waals surface area contributed by atoms with Gasteiger partial charge >= 0.3 is 12.0 Å². The van der Waals surface area contributed by atoms with E-state index in [0.29, 0.717) is 13.0 Å². The maximum absolute atomic E-state index is 11.8. The van der Waals surface area contributed by atoms with E-state index < -0.39 is 24.5 Å². The summed E-state index contributed by atoms with van der Waals surface area (Å²) in [6, 6.07) is 5.72. The fourth-order valence-corrected chi connectivity index (χ4v) is 2.56. The number of thiophene rings is 1. The summed E-state index contributed by atoms with van der Waals surface area (Å²) in [5.41, 5.74) is -0.333. The van der Waals surface area contributed by atoms with Gasteiger partial charge in [0.15, 0.2) is 6.61 Å². The molecule has 0 bridgehead atoms. The molecule has 0 radical (unpaired) electrons. The minimum Gasteiger partial charge on any atom is -0.452 e. The van der Waals surface area contributed by atoms with E-state index in [0.717, 1.165) is 10.9 Å². The Labute approximate surface area is 147 Å². The van der Waals surface area contributed by atoms with Gasteiger partial charge < -0.3 is 14.6 Å². The lowest BCUT2D eigenvalue weighted by Gasteiger charge is -2.07. The zero-order chi connectivity index (χ0) is 18.2. The fourth-order valence-electron chi connectivity index (χ4n) is 1.85. The third-order valence-corrected chi connectivity index (χ3v) is 4.10. The number of esters is 1. The number of rotatable bonds is 6. The van der Waals surface area contributed by atoms with E-state index in [1.165, 1.54) is 16.8 Å². The van der Waals surface area contributed by atoms with Crippen LogP contribution in [0.5, 0.6) is 0 Å². The lowest BCUT2D eigenvalue weighted by atomic mass is 10.3. The van der Waals surface area contributed by atoms with Gasteiger partial charge in [0.1, 0.15) is 0 Å². The van der Waals surface area contributed by atoms with Crippen LogP contribution in [-0.2, 0) is 23.0 Å². The molecule has 0 atom stereocenters. The van der Waals surface area contributed by atoms with Crippen molar-refractivity contribution in [2.45, 2.75) is 6.42 Å². The van der Waals surface area contributed by atoms with Gasteiger partial charge in [-0.05, 0) is 23.9 Å². The first-order valence-electron chi connectivity index (χ1n) is 7.39. The molecule has 25 heavy (non-hydrogen) atoms. The first-order valence-corrected chi connectivity index (χ1v) is 8.27. The highest BCUT2D eigenvalue weighted by Crippen LogP contribution is 2.07. The molecule has 0 saturated heterocycles. The molecule has 9 heteroatoms. The van der Waals surface area contributed by atoms with Crippen molar-refractivity contribution in [3.05, 3.63) is 56.6 Å². The first-order chi connectivity index (χ1) is 12.0. The molecule has 2 aromatic rings. The number of urea groups is 1. The number of pyridine rings is 1. The fraction of sp³-hybridized carbons (Fsp3) is 0.250. The second-order valence-electron chi connectivity index (χ2n) is 5.07. The predicted octanol–water partition coefficient (Wildman–Crippen LogP) is 0.672. The molecular weight excluding hydrogens is 346 g/mol. The van der Waals surface area contributed by atoms with Crippen LogP contribution in [0.4, 0.5) is 4.79 Å². The Morgan fingerprint density at radius 2 is 2.08 bits per heavy atom. The molecule has 0 aliphatic carbocycles. The molecule has 0 spiro atoms. The van der Waals surface area contributed by atoms with Crippen molar-refractivity contribution >= 4 is 29.2 Å². The van der Waals surface area contributed by atoms with Crippen molar-refractivity contribution in [3.63, 3.8) is 0 Å². The first kappa shape index (κ1) is 18.4. The molecule has 2 heterocycles. The monoisotopic (exact) mass is 363 g/mol. The second-order valence-corrected chi connectivity index (χ2v) is 6.11. The van der Waals surface area contributed by atoms with E-state index in [9.17, 15) is 19.2 Å². The van der Waals surface area contributed by atoms with E-state index in [2.05, 4.69) is 10.6 Å². The summed E-state index contributed by atoms with van der Waals surface area (Å²) in [5, 5.41) is 6.54. The molecule has 0 aliphatic heterocycles. The zero-order valence-corrected chi connectivity index (χ0v) is 14.3. The number of ether oxygens (including phenoxy) is 1. The quantitative estimate of drug-likeness (QED) is 0.734. The molecule has 0 aliphatic rings. The number of aromatic nitrogens is 1. The standard InChI is InChI=1S/C16H17N3O5S/c1-19-7-5-11(9-14(19)21)15(22)24-10-13(20)18-16(23)17-6-4-12-3-2-8-25-12/h2-3,5,7-9H,4,6,10H2,1H3,(H2,17,18,20,23). The number of imide groups is 1. The molecule has 0 unspecified atom stereocenters. The Balaban J connectivity index is 1.70. The summed E-state index contributed by atoms with van der Waals surface area (Å²) in [6.07, 6.45) is 2.08. The van der Waals surface area contributed by atoms with Crippen molar-refractivity contribution in [1.82, 2.24) is 15.2 Å². The van der Waals surface area contributed by atoms with Crippen LogP contribution in [0, 0.1) is 0 Å². The van der Waals surface area contributed by atoms with Gasteiger partial charge in [0.2, 0.25) is 0 Å². The number of carbonyl (C=O) groups is 3. The summed E-state index contributed by atoms with van der Waals surface area (Å²) in [7, 11) is 1.54.